The second-order valence-corrected chi connectivity index (χ2v) is 11.4. The van der Waals surface area contributed by atoms with Crippen molar-refractivity contribution in [3.05, 3.63) is 146 Å². The molecule has 0 unspecified atom stereocenters. The summed E-state index contributed by atoms with van der Waals surface area (Å²) in [5.74, 6) is 0.615. The van der Waals surface area contributed by atoms with Gasteiger partial charge in [-0.1, -0.05) is 97.1 Å². The van der Waals surface area contributed by atoms with Crippen LogP contribution in [0.5, 0.6) is 0 Å². The van der Waals surface area contributed by atoms with Gasteiger partial charge in [0.25, 0.3) is 0 Å². The first kappa shape index (κ1) is 24.3. The SMILES string of the molecule is c1cc(-c2nc(-n3c4ccccc4c4ccccc43)nc3c2oc2ccccc23)cc(-n2c3ccccc3c3ccccc32)c1. The van der Waals surface area contributed by atoms with Crippen molar-refractivity contribution in [3.63, 3.8) is 0 Å². The summed E-state index contributed by atoms with van der Waals surface area (Å²) in [6.45, 7) is 0. The van der Waals surface area contributed by atoms with Gasteiger partial charge in [-0.05, 0) is 48.5 Å². The van der Waals surface area contributed by atoms with Gasteiger partial charge in [-0.15, -0.1) is 0 Å². The molecule has 45 heavy (non-hydrogen) atoms. The van der Waals surface area contributed by atoms with Crippen molar-refractivity contribution in [3.8, 4) is 22.9 Å². The van der Waals surface area contributed by atoms with Crippen LogP contribution < -0.4 is 0 Å². The zero-order valence-corrected chi connectivity index (χ0v) is 24.1. The van der Waals surface area contributed by atoms with Gasteiger partial charge in [-0.25, -0.2) is 9.97 Å². The van der Waals surface area contributed by atoms with Crippen molar-refractivity contribution < 1.29 is 4.42 Å². The first-order valence-electron chi connectivity index (χ1n) is 15.1. The van der Waals surface area contributed by atoms with Crippen molar-refractivity contribution in [2.24, 2.45) is 0 Å². The van der Waals surface area contributed by atoms with E-state index in [1.807, 2.05) is 18.2 Å². The molecule has 4 heterocycles. The van der Waals surface area contributed by atoms with E-state index in [2.05, 4.69) is 137 Å². The maximum atomic E-state index is 6.52. The summed E-state index contributed by atoms with van der Waals surface area (Å²) in [5, 5.41) is 5.77. The van der Waals surface area contributed by atoms with E-state index in [4.69, 9.17) is 14.4 Å². The Balaban J connectivity index is 1.29. The summed E-state index contributed by atoms with van der Waals surface area (Å²) < 4.78 is 11.0. The molecule has 0 fully saturated rings. The molecule has 4 aromatic heterocycles. The summed E-state index contributed by atoms with van der Waals surface area (Å²) in [6.07, 6.45) is 0. The lowest BCUT2D eigenvalue weighted by molar-refractivity contribution is 0.666. The highest BCUT2D eigenvalue weighted by Gasteiger charge is 2.21. The first-order chi connectivity index (χ1) is 22.3. The van der Waals surface area contributed by atoms with Crippen molar-refractivity contribution >= 4 is 65.7 Å². The topological polar surface area (TPSA) is 48.8 Å². The van der Waals surface area contributed by atoms with Crippen molar-refractivity contribution in [2.45, 2.75) is 0 Å². The van der Waals surface area contributed by atoms with Crippen molar-refractivity contribution in [1.29, 1.82) is 0 Å². The van der Waals surface area contributed by atoms with E-state index in [-0.39, 0.29) is 0 Å². The van der Waals surface area contributed by atoms with Crippen LogP contribution in [0.25, 0.3) is 88.6 Å². The molecule has 6 aromatic carbocycles. The molecule has 5 nitrogen and oxygen atoms in total. The number of fused-ring (bicyclic) bond motifs is 9. The third kappa shape index (κ3) is 3.43. The fraction of sp³-hybridized carbons (Fsp3) is 0. The fourth-order valence-corrected chi connectivity index (χ4v) is 7.01. The fourth-order valence-electron chi connectivity index (χ4n) is 7.01. The van der Waals surface area contributed by atoms with Crippen LogP contribution in [0.2, 0.25) is 0 Å². The van der Waals surface area contributed by atoms with Gasteiger partial charge in [0.15, 0.2) is 5.58 Å². The molecule has 0 aliphatic carbocycles. The third-order valence-electron chi connectivity index (χ3n) is 8.95. The van der Waals surface area contributed by atoms with E-state index in [9.17, 15) is 0 Å². The lowest BCUT2D eigenvalue weighted by atomic mass is 10.1. The highest BCUT2D eigenvalue weighted by Crippen LogP contribution is 2.38. The summed E-state index contributed by atoms with van der Waals surface area (Å²) in [6, 6.07) is 50.7. The van der Waals surface area contributed by atoms with Gasteiger partial charge in [-0.2, -0.15) is 0 Å². The molecule has 0 amide bonds. The van der Waals surface area contributed by atoms with Crippen molar-refractivity contribution in [2.75, 3.05) is 0 Å². The maximum absolute atomic E-state index is 6.52. The zero-order chi connectivity index (χ0) is 29.5. The molecule has 10 aromatic rings. The molecular weight excluding hydrogens is 552 g/mol. The normalized spacial score (nSPS) is 12.0. The minimum Gasteiger partial charge on any atom is -0.452 e. The zero-order valence-electron chi connectivity index (χ0n) is 24.1. The number of hydrogen-bond donors (Lipinski definition) is 0. The standard InChI is InChI=1S/C40H24N4O/c1-6-19-32-27(14-1)28-15-2-7-20-33(28)43(32)26-13-11-12-25(24-26)37-39-38(31-18-5-10-23-36(31)45-39)42-40(41-37)44-34-21-8-3-16-29(34)30-17-4-9-22-35(30)44/h1-24H. The molecule has 0 spiro atoms. The second kappa shape index (κ2) is 9.15. The van der Waals surface area contributed by atoms with Crippen LogP contribution >= 0.6 is 0 Å². The third-order valence-corrected chi connectivity index (χ3v) is 8.95. The van der Waals surface area contributed by atoms with Crippen LogP contribution in [-0.2, 0) is 0 Å². The molecule has 5 heteroatoms. The van der Waals surface area contributed by atoms with Gasteiger partial charge in [0.2, 0.25) is 5.95 Å². The molecule has 0 atom stereocenters. The molecule has 0 saturated carbocycles. The van der Waals surface area contributed by atoms with Gasteiger partial charge >= 0.3 is 0 Å². The summed E-state index contributed by atoms with van der Waals surface area (Å²) in [5.41, 5.74) is 9.52. The van der Waals surface area contributed by atoms with Gasteiger partial charge < -0.3 is 8.98 Å². The smallest absolute Gasteiger partial charge is 0.236 e. The Hall–Kier alpha value is -6.20. The second-order valence-electron chi connectivity index (χ2n) is 11.4. The Morgan fingerprint density at radius 2 is 0.956 bits per heavy atom. The summed E-state index contributed by atoms with van der Waals surface area (Å²) >= 11 is 0. The minimum absolute atomic E-state index is 0.615. The predicted molar refractivity (Wildman–Crippen MR) is 183 cm³/mol. The van der Waals surface area contributed by atoms with Gasteiger partial charge in [-0.3, -0.25) is 4.57 Å². The Labute approximate surface area is 257 Å². The lowest BCUT2D eigenvalue weighted by Gasteiger charge is -2.12. The molecule has 0 N–H and O–H groups in total. The Morgan fingerprint density at radius 1 is 0.444 bits per heavy atom. The van der Waals surface area contributed by atoms with E-state index in [0.29, 0.717) is 11.5 Å². The monoisotopic (exact) mass is 576 g/mol. The number of benzene rings is 6. The van der Waals surface area contributed by atoms with E-state index in [1.54, 1.807) is 0 Å². The number of nitrogens with zero attached hydrogens (tertiary/aromatic N) is 4. The molecule has 0 bridgehead atoms. The van der Waals surface area contributed by atoms with Crippen LogP contribution in [0.1, 0.15) is 0 Å². The molecule has 0 aliphatic rings. The van der Waals surface area contributed by atoms with Gasteiger partial charge in [0, 0.05) is 38.2 Å². The summed E-state index contributed by atoms with van der Waals surface area (Å²) in [4.78, 5) is 10.5. The van der Waals surface area contributed by atoms with Crippen molar-refractivity contribution in [1.82, 2.24) is 19.1 Å². The predicted octanol–water partition coefficient (Wildman–Crippen LogP) is 10.2. The van der Waals surface area contributed by atoms with Gasteiger partial charge in [0.1, 0.15) is 16.8 Å². The number of aromatic nitrogens is 4. The highest BCUT2D eigenvalue weighted by atomic mass is 16.3. The molecular formula is C40H24N4O. The molecule has 0 saturated heterocycles. The van der Waals surface area contributed by atoms with Crippen LogP contribution in [0, 0.1) is 0 Å². The van der Waals surface area contributed by atoms with Crippen LogP contribution in [-0.4, -0.2) is 19.1 Å². The van der Waals surface area contributed by atoms with E-state index < -0.39 is 0 Å². The number of hydrogen-bond acceptors (Lipinski definition) is 3. The van der Waals surface area contributed by atoms with E-state index in [1.165, 1.54) is 32.6 Å². The number of rotatable bonds is 3. The highest BCUT2D eigenvalue weighted by molar-refractivity contribution is 6.11. The van der Waals surface area contributed by atoms with Gasteiger partial charge in [0.05, 0.1) is 22.1 Å². The lowest BCUT2D eigenvalue weighted by Crippen LogP contribution is -2.03. The average molecular weight is 577 g/mol. The molecule has 210 valence electrons. The van der Waals surface area contributed by atoms with Crippen LogP contribution in [0.4, 0.5) is 0 Å². The number of para-hydroxylation sites is 5. The average Bonchev–Trinajstić information content (AvgIpc) is 3.76. The van der Waals surface area contributed by atoms with E-state index >= 15 is 0 Å². The summed E-state index contributed by atoms with van der Waals surface area (Å²) in [7, 11) is 0. The Bertz CT molecular complexity index is 2670. The molecule has 10 rings (SSSR count). The van der Waals surface area contributed by atoms with Crippen LogP contribution in [0.3, 0.4) is 0 Å². The molecule has 0 radical (unpaired) electrons. The van der Waals surface area contributed by atoms with Crippen LogP contribution in [0.15, 0.2) is 150 Å². The Morgan fingerprint density at radius 3 is 1.56 bits per heavy atom. The Kier molecular flexibility index (Phi) is 4.93. The number of furan rings is 1. The first-order valence-corrected chi connectivity index (χ1v) is 15.1. The quantitative estimate of drug-likeness (QED) is 0.210. The molecule has 0 aliphatic heterocycles. The minimum atomic E-state index is 0.615. The largest absolute Gasteiger partial charge is 0.452 e. The maximum Gasteiger partial charge on any atom is 0.236 e. The van der Waals surface area contributed by atoms with E-state index in [0.717, 1.165) is 44.5 Å².